The third kappa shape index (κ3) is 3.47. The van der Waals surface area contributed by atoms with E-state index < -0.39 is 0 Å². The van der Waals surface area contributed by atoms with Gasteiger partial charge in [-0.2, -0.15) is 0 Å². The Morgan fingerprint density at radius 3 is 2.67 bits per heavy atom. The van der Waals surface area contributed by atoms with Crippen molar-refractivity contribution in [3.8, 4) is 0 Å². The summed E-state index contributed by atoms with van der Waals surface area (Å²) in [5, 5.41) is 10.7. The van der Waals surface area contributed by atoms with E-state index in [1.807, 2.05) is 6.07 Å². The van der Waals surface area contributed by atoms with Crippen LogP contribution in [0.3, 0.4) is 0 Å². The number of hydrogen-bond acceptors (Lipinski definition) is 3. The minimum Gasteiger partial charge on any atom is -0.387 e. The molecule has 0 radical (unpaired) electrons. The molecule has 3 rings (SSSR count). The van der Waals surface area contributed by atoms with Gasteiger partial charge in [0.1, 0.15) is 0 Å². The normalized spacial score (nSPS) is 28.7. The summed E-state index contributed by atoms with van der Waals surface area (Å²) in [4.78, 5) is 2.27. The summed E-state index contributed by atoms with van der Waals surface area (Å²) in [7, 11) is 2.11. The number of nitrogens with zero attached hydrogens (tertiary/aromatic N) is 1. The van der Waals surface area contributed by atoms with Crippen molar-refractivity contribution in [3.05, 3.63) is 35.4 Å². The van der Waals surface area contributed by atoms with Crippen LogP contribution in [-0.2, 0) is 4.74 Å². The van der Waals surface area contributed by atoms with E-state index in [9.17, 15) is 5.11 Å². The lowest BCUT2D eigenvalue weighted by molar-refractivity contribution is 0.0246. The van der Waals surface area contributed by atoms with Crippen molar-refractivity contribution in [2.45, 2.75) is 44.2 Å². The summed E-state index contributed by atoms with van der Waals surface area (Å²) in [6.07, 6.45) is 3.31. The largest absolute Gasteiger partial charge is 0.387 e. The van der Waals surface area contributed by atoms with Crippen LogP contribution >= 0.6 is 0 Å². The first-order chi connectivity index (χ1) is 10.2. The van der Waals surface area contributed by atoms with E-state index in [2.05, 4.69) is 37.1 Å². The second kappa shape index (κ2) is 6.47. The van der Waals surface area contributed by atoms with Gasteiger partial charge in [0.15, 0.2) is 0 Å². The molecule has 0 aromatic heterocycles. The van der Waals surface area contributed by atoms with Crippen LogP contribution in [0.2, 0.25) is 0 Å². The Morgan fingerprint density at radius 2 is 1.95 bits per heavy atom. The van der Waals surface area contributed by atoms with Crippen molar-refractivity contribution in [2.24, 2.45) is 5.92 Å². The van der Waals surface area contributed by atoms with E-state index >= 15 is 0 Å². The smallest absolute Gasteiger partial charge is 0.0948 e. The minimum absolute atomic E-state index is 0.194. The molecule has 2 aliphatic carbocycles. The molecule has 0 amide bonds. The zero-order valence-corrected chi connectivity index (χ0v) is 13.2. The predicted molar refractivity (Wildman–Crippen MR) is 84.4 cm³/mol. The van der Waals surface area contributed by atoms with Crippen LogP contribution in [0, 0.1) is 5.92 Å². The highest BCUT2D eigenvalue weighted by molar-refractivity contribution is 5.35. The van der Waals surface area contributed by atoms with Crippen LogP contribution in [0.5, 0.6) is 0 Å². The molecule has 0 aliphatic heterocycles. The molecule has 0 heterocycles. The summed E-state index contributed by atoms with van der Waals surface area (Å²) in [5.41, 5.74) is 2.41. The lowest BCUT2D eigenvalue weighted by Crippen LogP contribution is -2.42. The van der Waals surface area contributed by atoms with Crippen molar-refractivity contribution in [1.29, 1.82) is 0 Å². The van der Waals surface area contributed by atoms with Crippen molar-refractivity contribution in [3.63, 3.8) is 0 Å². The Morgan fingerprint density at radius 1 is 1.24 bits per heavy atom. The second-order valence-electron chi connectivity index (χ2n) is 6.78. The lowest BCUT2D eigenvalue weighted by Gasteiger charge is -2.39. The van der Waals surface area contributed by atoms with E-state index in [4.69, 9.17) is 4.74 Å². The maximum absolute atomic E-state index is 10.7. The Kier molecular flexibility index (Phi) is 4.63. The van der Waals surface area contributed by atoms with Gasteiger partial charge in [0.05, 0.1) is 12.7 Å². The molecule has 0 spiro atoms. The minimum atomic E-state index is -0.383. The number of likely N-dealkylation sites (N-methyl/N-ethyl adjacent to an activating group) is 1. The number of rotatable bonds is 6. The molecule has 1 aromatic carbocycles. The van der Waals surface area contributed by atoms with Gasteiger partial charge in [-0.15, -0.1) is 0 Å². The molecule has 1 fully saturated rings. The van der Waals surface area contributed by atoms with Gasteiger partial charge in [0.25, 0.3) is 0 Å². The van der Waals surface area contributed by atoms with Gasteiger partial charge < -0.3 is 9.84 Å². The number of aliphatic hydroxyl groups is 1. The zero-order chi connectivity index (χ0) is 14.8. The van der Waals surface area contributed by atoms with Crippen molar-refractivity contribution in [1.82, 2.24) is 4.90 Å². The van der Waals surface area contributed by atoms with E-state index in [1.54, 1.807) is 0 Å². The molecule has 3 unspecified atom stereocenters. The molecule has 3 heteroatoms. The quantitative estimate of drug-likeness (QED) is 0.817. The van der Waals surface area contributed by atoms with Crippen LogP contribution in [-0.4, -0.2) is 42.9 Å². The highest BCUT2D eigenvalue weighted by atomic mass is 16.5. The zero-order valence-electron chi connectivity index (χ0n) is 13.2. The highest BCUT2D eigenvalue weighted by Crippen LogP contribution is 2.39. The maximum Gasteiger partial charge on any atom is 0.0948 e. The third-order valence-corrected chi connectivity index (χ3v) is 5.01. The summed E-state index contributed by atoms with van der Waals surface area (Å²) in [6.45, 7) is 4.84. The first-order valence-electron chi connectivity index (χ1n) is 8.21. The van der Waals surface area contributed by atoms with Crippen LogP contribution in [0.15, 0.2) is 24.3 Å². The van der Waals surface area contributed by atoms with Gasteiger partial charge in [0.2, 0.25) is 0 Å². The average Bonchev–Trinajstić information content (AvgIpc) is 3.31. The van der Waals surface area contributed by atoms with Gasteiger partial charge in [-0.05, 0) is 49.3 Å². The van der Waals surface area contributed by atoms with E-state index in [0.29, 0.717) is 5.92 Å². The standard InChI is InChI=1S/C18H27NO2/c1-13-11-17(18(20)16-6-4-3-5-15(13)16)19(2)9-10-21-12-14-7-8-14/h3-6,13-14,17-18,20H,7-12H2,1-2H3. The summed E-state index contributed by atoms with van der Waals surface area (Å²) < 4.78 is 5.73. The molecule has 3 atom stereocenters. The molecular formula is C18H27NO2. The molecule has 0 saturated heterocycles. The van der Waals surface area contributed by atoms with Crippen LogP contribution in [0.4, 0.5) is 0 Å². The number of benzene rings is 1. The van der Waals surface area contributed by atoms with Gasteiger partial charge in [-0.1, -0.05) is 31.2 Å². The van der Waals surface area contributed by atoms with Gasteiger partial charge >= 0.3 is 0 Å². The van der Waals surface area contributed by atoms with Crippen molar-refractivity contribution >= 4 is 0 Å². The lowest BCUT2D eigenvalue weighted by atomic mass is 9.79. The van der Waals surface area contributed by atoms with Gasteiger partial charge in [-0.25, -0.2) is 0 Å². The molecule has 116 valence electrons. The molecule has 1 N–H and O–H groups in total. The fraction of sp³-hybridized carbons (Fsp3) is 0.667. The predicted octanol–water partition coefficient (Wildman–Crippen LogP) is 2.95. The Labute approximate surface area is 127 Å². The summed E-state index contributed by atoms with van der Waals surface area (Å²) >= 11 is 0. The Bertz CT molecular complexity index is 472. The molecule has 1 aromatic rings. The topological polar surface area (TPSA) is 32.7 Å². The molecule has 1 saturated carbocycles. The molecule has 0 bridgehead atoms. The molecule has 3 nitrogen and oxygen atoms in total. The van der Waals surface area contributed by atoms with Crippen molar-refractivity contribution < 1.29 is 9.84 Å². The number of aliphatic hydroxyl groups excluding tert-OH is 1. The van der Waals surface area contributed by atoms with Crippen molar-refractivity contribution in [2.75, 3.05) is 26.8 Å². The van der Waals surface area contributed by atoms with Gasteiger partial charge in [-0.3, -0.25) is 4.90 Å². The highest BCUT2D eigenvalue weighted by Gasteiger charge is 2.33. The Hall–Kier alpha value is -0.900. The van der Waals surface area contributed by atoms with E-state index in [0.717, 1.165) is 37.7 Å². The van der Waals surface area contributed by atoms with E-state index in [1.165, 1.54) is 18.4 Å². The number of fused-ring (bicyclic) bond motifs is 1. The SMILES string of the molecule is CC1CC(N(C)CCOCC2CC2)C(O)c2ccccc21. The van der Waals surface area contributed by atoms with E-state index in [-0.39, 0.29) is 12.1 Å². The van der Waals surface area contributed by atoms with Crippen LogP contribution in [0.1, 0.15) is 49.3 Å². The van der Waals surface area contributed by atoms with Gasteiger partial charge in [0, 0.05) is 19.2 Å². The average molecular weight is 289 g/mol. The molecule has 2 aliphatic rings. The summed E-state index contributed by atoms with van der Waals surface area (Å²) in [5.74, 6) is 1.33. The monoisotopic (exact) mass is 289 g/mol. The molecule has 21 heavy (non-hydrogen) atoms. The number of hydrogen-bond donors (Lipinski definition) is 1. The second-order valence-corrected chi connectivity index (χ2v) is 6.78. The maximum atomic E-state index is 10.7. The fourth-order valence-electron chi connectivity index (χ4n) is 3.38. The fourth-order valence-corrected chi connectivity index (χ4v) is 3.38. The van der Waals surface area contributed by atoms with Crippen LogP contribution < -0.4 is 0 Å². The molecular weight excluding hydrogens is 262 g/mol. The van der Waals surface area contributed by atoms with Crippen LogP contribution in [0.25, 0.3) is 0 Å². The summed E-state index contributed by atoms with van der Waals surface area (Å²) in [6, 6.07) is 8.51. The Balaban J connectivity index is 1.57. The first-order valence-corrected chi connectivity index (χ1v) is 8.21. The number of ether oxygens (including phenoxy) is 1. The third-order valence-electron chi connectivity index (χ3n) is 5.01. The first kappa shape index (κ1) is 15.0.